The Morgan fingerprint density at radius 2 is 2.10 bits per heavy atom. The van der Waals surface area contributed by atoms with Crippen molar-refractivity contribution in [3.8, 4) is 5.82 Å². The number of hydrogen-bond acceptors (Lipinski definition) is 9. The van der Waals surface area contributed by atoms with Crippen LogP contribution in [0.25, 0.3) is 5.82 Å². The monoisotopic (exact) mass is 449 g/mol. The molecule has 3 N–H and O–H groups in total. The molecule has 0 saturated carbocycles. The lowest BCUT2D eigenvalue weighted by atomic mass is 10.2. The quantitative estimate of drug-likeness (QED) is 0.429. The zero-order chi connectivity index (χ0) is 21.1. The number of nitrogens with one attached hydrogen (secondary N) is 1. The number of halogens is 2. The fraction of sp³-hybridized carbons (Fsp3) is 0.294. The van der Waals surface area contributed by atoms with Crippen molar-refractivity contribution in [1.29, 1.82) is 0 Å². The SMILES string of the molecule is Nc1nonc1-n1nnc(CN2CCCC2)c1C(=O)N/N=C/c1cccc(Cl)c1Cl. The van der Waals surface area contributed by atoms with E-state index in [1.165, 1.54) is 10.9 Å². The van der Waals surface area contributed by atoms with Crippen LogP contribution < -0.4 is 11.2 Å². The smallest absolute Gasteiger partial charge is 0.292 e. The van der Waals surface area contributed by atoms with Crippen molar-refractivity contribution in [2.75, 3.05) is 18.8 Å². The number of carbonyl (C=O) groups excluding carboxylic acids is 1. The van der Waals surface area contributed by atoms with Gasteiger partial charge in [-0.1, -0.05) is 40.5 Å². The van der Waals surface area contributed by atoms with Crippen LogP contribution in [0.4, 0.5) is 5.82 Å². The highest BCUT2D eigenvalue weighted by Gasteiger charge is 2.26. The summed E-state index contributed by atoms with van der Waals surface area (Å²) in [6, 6.07) is 5.10. The van der Waals surface area contributed by atoms with E-state index < -0.39 is 5.91 Å². The Kier molecular flexibility index (Phi) is 5.93. The summed E-state index contributed by atoms with van der Waals surface area (Å²) < 4.78 is 5.82. The molecule has 1 aliphatic heterocycles. The maximum Gasteiger partial charge on any atom is 0.292 e. The fourth-order valence-corrected chi connectivity index (χ4v) is 3.48. The summed E-state index contributed by atoms with van der Waals surface area (Å²) in [5, 5.41) is 20.1. The Morgan fingerprint density at radius 1 is 1.30 bits per heavy atom. The molecular formula is C17H17Cl2N9O2. The van der Waals surface area contributed by atoms with Crippen LogP contribution in [0.15, 0.2) is 27.9 Å². The second kappa shape index (κ2) is 8.78. The van der Waals surface area contributed by atoms with Gasteiger partial charge >= 0.3 is 0 Å². The van der Waals surface area contributed by atoms with Crippen molar-refractivity contribution in [2.24, 2.45) is 5.10 Å². The van der Waals surface area contributed by atoms with E-state index in [-0.39, 0.29) is 17.3 Å². The van der Waals surface area contributed by atoms with Gasteiger partial charge in [0.1, 0.15) is 5.69 Å². The third-order valence-electron chi connectivity index (χ3n) is 4.57. The second-order valence-electron chi connectivity index (χ2n) is 6.60. The molecule has 1 aliphatic rings. The molecule has 30 heavy (non-hydrogen) atoms. The molecular weight excluding hydrogens is 433 g/mol. The minimum atomic E-state index is -0.550. The van der Waals surface area contributed by atoms with E-state index >= 15 is 0 Å². The van der Waals surface area contributed by atoms with Crippen molar-refractivity contribution in [2.45, 2.75) is 19.4 Å². The number of rotatable bonds is 6. The summed E-state index contributed by atoms with van der Waals surface area (Å²) in [5.74, 6) is -0.496. The molecule has 4 rings (SSSR count). The lowest BCUT2D eigenvalue weighted by Gasteiger charge is -2.13. The summed E-state index contributed by atoms with van der Waals surface area (Å²) in [7, 11) is 0. The summed E-state index contributed by atoms with van der Waals surface area (Å²) in [4.78, 5) is 15.1. The molecule has 13 heteroatoms. The Bertz CT molecular complexity index is 1090. The van der Waals surface area contributed by atoms with Gasteiger partial charge < -0.3 is 5.73 Å². The van der Waals surface area contributed by atoms with Crippen molar-refractivity contribution in [1.82, 2.24) is 35.6 Å². The molecule has 0 radical (unpaired) electrons. The lowest BCUT2D eigenvalue weighted by molar-refractivity contribution is 0.0945. The number of hydrogen-bond donors (Lipinski definition) is 2. The van der Waals surface area contributed by atoms with Gasteiger partial charge in [-0.25, -0.2) is 10.1 Å². The van der Waals surface area contributed by atoms with Gasteiger partial charge in [-0.2, -0.15) is 9.78 Å². The number of anilines is 1. The van der Waals surface area contributed by atoms with E-state index in [9.17, 15) is 4.79 Å². The molecule has 0 aliphatic carbocycles. The summed E-state index contributed by atoms with van der Waals surface area (Å²) in [5.41, 5.74) is 9.38. The van der Waals surface area contributed by atoms with Crippen LogP contribution in [-0.4, -0.2) is 55.4 Å². The molecule has 0 unspecified atom stereocenters. The summed E-state index contributed by atoms with van der Waals surface area (Å²) >= 11 is 12.1. The first kappa shape index (κ1) is 20.3. The Hall–Kier alpha value is -3.02. The number of carbonyl (C=O) groups is 1. The molecule has 2 aromatic heterocycles. The van der Waals surface area contributed by atoms with Crippen molar-refractivity contribution in [3.63, 3.8) is 0 Å². The van der Waals surface area contributed by atoms with E-state index in [1.54, 1.807) is 18.2 Å². The molecule has 0 atom stereocenters. The first-order valence-corrected chi connectivity index (χ1v) is 9.83. The van der Waals surface area contributed by atoms with Gasteiger partial charge in [0, 0.05) is 12.1 Å². The summed E-state index contributed by atoms with van der Waals surface area (Å²) in [6.07, 6.45) is 3.59. The molecule has 156 valence electrons. The fourth-order valence-electron chi connectivity index (χ4n) is 3.12. The molecule has 1 saturated heterocycles. The second-order valence-corrected chi connectivity index (χ2v) is 7.38. The molecule has 3 aromatic rings. The minimum absolute atomic E-state index is 0.0177. The van der Waals surface area contributed by atoms with E-state index in [0.29, 0.717) is 27.8 Å². The topological polar surface area (TPSA) is 140 Å². The first-order valence-electron chi connectivity index (χ1n) is 9.07. The van der Waals surface area contributed by atoms with Gasteiger partial charge in [0.05, 0.1) is 16.3 Å². The van der Waals surface area contributed by atoms with Gasteiger partial charge in [-0.05, 0) is 42.3 Å². The zero-order valence-corrected chi connectivity index (χ0v) is 17.1. The van der Waals surface area contributed by atoms with E-state index in [0.717, 1.165) is 25.9 Å². The predicted molar refractivity (Wildman–Crippen MR) is 110 cm³/mol. The number of amides is 1. The molecule has 11 nitrogen and oxygen atoms in total. The molecule has 0 spiro atoms. The largest absolute Gasteiger partial charge is 0.378 e. The highest BCUT2D eigenvalue weighted by molar-refractivity contribution is 6.43. The molecule has 1 amide bonds. The third kappa shape index (κ3) is 4.13. The van der Waals surface area contributed by atoms with Gasteiger partial charge in [0.15, 0.2) is 5.69 Å². The number of benzene rings is 1. The van der Waals surface area contributed by atoms with Gasteiger partial charge in [-0.15, -0.1) is 5.10 Å². The van der Waals surface area contributed by atoms with Crippen LogP contribution in [0.3, 0.4) is 0 Å². The van der Waals surface area contributed by atoms with Crippen LogP contribution in [0.5, 0.6) is 0 Å². The highest BCUT2D eigenvalue weighted by Crippen LogP contribution is 2.24. The number of likely N-dealkylation sites (tertiary alicyclic amines) is 1. The van der Waals surface area contributed by atoms with Gasteiger partial charge in [0.25, 0.3) is 5.91 Å². The maximum absolute atomic E-state index is 12.9. The Labute approximate surface area is 180 Å². The Morgan fingerprint density at radius 3 is 2.83 bits per heavy atom. The average Bonchev–Trinajstić information content (AvgIpc) is 3.47. The average molecular weight is 450 g/mol. The van der Waals surface area contributed by atoms with Crippen molar-refractivity contribution in [3.05, 3.63) is 45.2 Å². The number of aromatic nitrogens is 5. The highest BCUT2D eigenvalue weighted by atomic mass is 35.5. The van der Waals surface area contributed by atoms with Crippen LogP contribution >= 0.6 is 23.2 Å². The zero-order valence-electron chi connectivity index (χ0n) is 15.6. The first-order chi connectivity index (χ1) is 14.5. The third-order valence-corrected chi connectivity index (χ3v) is 5.41. The van der Waals surface area contributed by atoms with Crippen molar-refractivity contribution >= 4 is 41.1 Å². The standard InChI is InChI=1S/C17H17Cl2N9O2/c18-11-5-3-4-10(13(11)19)8-21-23-17(29)14-12(9-27-6-1-2-7-27)22-26-28(14)16-15(20)24-30-25-16/h3-5,8H,1-2,6-7,9H2,(H2,20,24)(H,23,29)/b21-8+. The normalized spacial score (nSPS) is 14.6. The van der Waals surface area contributed by atoms with E-state index in [2.05, 4.69) is 40.7 Å². The number of nitrogens with zero attached hydrogens (tertiary/aromatic N) is 7. The molecule has 1 fully saturated rings. The van der Waals surface area contributed by atoms with Crippen LogP contribution in [0.2, 0.25) is 10.0 Å². The molecule has 0 bridgehead atoms. The maximum atomic E-state index is 12.9. The molecule has 1 aromatic carbocycles. The summed E-state index contributed by atoms with van der Waals surface area (Å²) in [6.45, 7) is 2.30. The predicted octanol–water partition coefficient (Wildman–Crippen LogP) is 1.90. The van der Waals surface area contributed by atoms with Gasteiger partial charge in [-0.3, -0.25) is 9.69 Å². The van der Waals surface area contributed by atoms with Gasteiger partial charge in [0.2, 0.25) is 11.6 Å². The van der Waals surface area contributed by atoms with Crippen molar-refractivity contribution < 1.29 is 9.42 Å². The number of hydrazone groups is 1. The number of nitrogen functional groups attached to an aromatic ring is 1. The minimum Gasteiger partial charge on any atom is -0.378 e. The van der Waals surface area contributed by atoms with Crippen LogP contribution in [0.1, 0.15) is 34.6 Å². The lowest BCUT2D eigenvalue weighted by Crippen LogP contribution is -2.26. The number of nitrogens with two attached hydrogens (primary N) is 1. The van der Waals surface area contributed by atoms with E-state index in [4.69, 9.17) is 28.9 Å². The Balaban J connectivity index is 1.61. The van der Waals surface area contributed by atoms with E-state index in [1.807, 2.05) is 0 Å². The van der Waals surface area contributed by atoms with Crippen LogP contribution in [-0.2, 0) is 6.54 Å². The molecule has 3 heterocycles. The van der Waals surface area contributed by atoms with Crippen LogP contribution in [0, 0.1) is 0 Å².